The molecule has 1 aromatic carbocycles. The smallest absolute Gasteiger partial charge is 0.335 e. The van der Waals surface area contributed by atoms with Crippen LogP contribution in [0.3, 0.4) is 0 Å². The van der Waals surface area contributed by atoms with Gasteiger partial charge in [-0.2, -0.15) is 5.11 Å². The van der Waals surface area contributed by atoms with E-state index < -0.39 is 5.97 Å². The van der Waals surface area contributed by atoms with Gasteiger partial charge >= 0.3 is 5.97 Å². The van der Waals surface area contributed by atoms with Gasteiger partial charge in [-0.25, -0.2) is 4.79 Å². The molecule has 0 saturated heterocycles. The summed E-state index contributed by atoms with van der Waals surface area (Å²) in [4.78, 5) is 11.1. The molecule has 0 saturated carbocycles. The molecule has 0 bridgehead atoms. The number of hydrogen-bond donors (Lipinski definition) is 2. The molecule has 1 unspecified atom stereocenters. The highest BCUT2D eigenvalue weighted by molar-refractivity contribution is 7.80. The first kappa shape index (κ1) is 9.72. The average Bonchev–Trinajstić information content (AvgIpc) is 2.65. The van der Waals surface area contributed by atoms with Crippen LogP contribution in [0.4, 0.5) is 0 Å². The lowest BCUT2D eigenvalue weighted by Gasteiger charge is -2.05. The summed E-state index contributed by atoms with van der Waals surface area (Å²) in [5.41, 5.74) is 3.65. The van der Waals surface area contributed by atoms with Crippen LogP contribution in [0.5, 0.6) is 0 Å². The van der Waals surface area contributed by atoms with Gasteiger partial charge < -0.3 is 5.11 Å². The highest BCUT2D eigenvalue weighted by Crippen LogP contribution is 2.22. The van der Waals surface area contributed by atoms with Gasteiger partial charge in [-0.1, -0.05) is 29.6 Å². The molecular formula is C9H7N3O2S. The molecule has 2 rings (SSSR count). The van der Waals surface area contributed by atoms with Crippen molar-refractivity contribution in [1.29, 1.82) is 0 Å². The van der Waals surface area contributed by atoms with E-state index in [0.29, 0.717) is 4.99 Å². The van der Waals surface area contributed by atoms with E-state index in [1.165, 1.54) is 12.1 Å². The minimum absolute atomic E-state index is 0.243. The van der Waals surface area contributed by atoms with E-state index in [1.54, 1.807) is 12.1 Å². The lowest BCUT2D eigenvalue weighted by atomic mass is 10.1. The number of carboxylic acid groups (broad SMARTS) is 1. The first-order chi connectivity index (χ1) is 7.18. The number of benzene rings is 1. The minimum Gasteiger partial charge on any atom is -0.478 e. The molecule has 0 aliphatic carbocycles. The Hall–Kier alpha value is -1.82. The van der Waals surface area contributed by atoms with Crippen LogP contribution < -0.4 is 5.43 Å². The zero-order chi connectivity index (χ0) is 10.8. The highest BCUT2D eigenvalue weighted by Gasteiger charge is 2.20. The Kier molecular flexibility index (Phi) is 2.42. The second-order valence-corrected chi connectivity index (χ2v) is 3.46. The summed E-state index contributed by atoms with van der Waals surface area (Å²) in [6.07, 6.45) is 0. The molecule has 0 radical (unpaired) electrons. The molecule has 0 aromatic heterocycles. The number of nitrogens with one attached hydrogen (secondary N) is 1. The summed E-state index contributed by atoms with van der Waals surface area (Å²) in [6.45, 7) is 0. The molecule has 0 amide bonds. The molecule has 2 N–H and O–H groups in total. The molecule has 1 aliphatic heterocycles. The third-order valence-electron chi connectivity index (χ3n) is 2.06. The van der Waals surface area contributed by atoms with Crippen molar-refractivity contribution < 1.29 is 9.90 Å². The number of rotatable bonds is 2. The summed E-state index contributed by atoms with van der Waals surface area (Å²) in [6, 6.07) is 6.13. The van der Waals surface area contributed by atoms with Gasteiger partial charge in [-0.15, -0.1) is 0 Å². The largest absolute Gasteiger partial charge is 0.478 e. The van der Waals surface area contributed by atoms with Gasteiger partial charge in [0.25, 0.3) is 0 Å². The van der Waals surface area contributed by atoms with Gasteiger partial charge in [0.2, 0.25) is 0 Å². The normalized spacial score (nSPS) is 18.9. The van der Waals surface area contributed by atoms with Crippen molar-refractivity contribution >= 4 is 23.2 Å². The maximum Gasteiger partial charge on any atom is 0.335 e. The summed E-state index contributed by atoms with van der Waals surface area (Å²) in [5, 5.41) is 16.2. The second-order valence-electron chi connectivity index (χ2n) is 3.02. The lowest BCUT2D eigenvalue weighted by molar-refractivity contribution is 0.0697. The summed E-state index contributed by atoms with van der Waals surface area (Å²) >= 11 is 4.99. The van der Waals surface area contributed by atoms with E-state index in [9.17, 15) is 4.79 Å². The Bertz CT molecular complexity index is 441. The lowest BCUT2D eigenvalue weighted by Crippen LogP contribution is -2.14. The van der Waals surface area contributed by atoms with Gasteiger partial charge in [-0.3, -0.25) is 5.43 Å². The minimum atomic E-state index is -0.949. The number of nitrogens with zero attached hydrogens (tertiary/aromatic N) is 2. The number of thiocarbonyl (C=S) groups is 1. The predicted octanol–water partition coefficient (Wildman–Crippen LogP) is 1.72. The van der Waals surface area contributed by atoms with E-state index in [-0.39, 0.29) is 11.6 Å². The zero-order valence-corrected chi connectivity index (χ0v) is 8.36. The van der Waals surface area contributed by atoms with Crippen LogP contribution in [0.15, 0.2) is 34.6 Å². The first-order valence-electron chi connectivity index (χ1n) is 4.21. The van der Waals surface area contributed by atoms with Crippen molar-refractivity contribution in [2.45, 2.75) is 6.04 Å². The Balaban J connectivity index is 2.27. The monoisotopic (exact) mass is 221 g/mol. The van der Waals surface area contributed by atoms with Crippen LogP contribution >= 0.6 is 12.2 Å². The summed E-state index contributed by atoms with van der Waals surface area (Å²) in [5.74, 6) is -0.949. The zero-order valence-electron chi connectivity index (χ0n) is 7.54. The number of aromatic carboxylic acids is 1. The number of carbonyl (C=O) groups is 1. The van der Waals surface area contributed by atoms with Gasteiger partial charge in [-0.05, 0) is 17.7 Å². The number of carboxylic acids is 1. The maximum absolute atomic E-state index is 10.6. The Morgan fingerprint density at radius 1 is 1.40 bits per heavy atom. The van der Waals surface area contributed by atoms with Crippen molar-refractivity contribution in [2.75, 3.05) is 0 Å². The SMILES string of the molecule is O=C(O)c1ccc(C2N=NNC2=S)cc1. The van der Waals surface area contributed by atoms with E-state index in [0.717, 1.165) is 5.56 Å². The van der Waals surface area contributed by atoms with Gasteiger partial charge in [0.05, 0.1) is 5.56 Å². The molecule has 0 fully saturated rings. The van der Waals surface area contributed by atoms with Gasteiger partial charge in [0, 0.05) is 0 Å². The topological polar surface area (TPSA) is 74.0 Å². The van der Waals surface area contributed by atoms with Crippen LogP contribution in [-0.4, -0.2) is 16.1 Å². The fourth-order valence-corrected chi connectivity index (χ4v) is 1.50. The van der Waals surface area contributed by atoms with Crippen molar-refractivity contribution in [3.05, 3.63) is 35.4 Å². The molecule has 76 valence electrons. The third-order valence-corrected chi connectivity index (χ3v) is 2.37. The molecule has 1 atom stereocenters. The van der Waals surface area contributed by atoms with E-state index in [2.05, 4.69) is 15.8 Å². The molecule has 6 heteroatoms. The Morgan fingerprint density at radius 2 is 2.07 bits per heavy atom. The van der Waals surface area contributed by atoms with E-state index >= 15 is 0 Å². The quantitative estimate of drug-likeness (QED) is 0.746. The van der Waals surface area contributed by atoms with Crippen molar-refractivity contribution in [1.82, 2.24) is 5.43 Å². The van der Waals surface area contributed by atoms with Crippen molar-refractivity contribution in [3.63, 3.8) is 0 Å². The molecule has 1 aliphatic rings. The van der Waals surface area contributed by atoms with E-state index in [4.69, 9.17) is 17.3 Å². The van der Waals surface area contributed by atoms with Crippen LogP contribution in [0.25, 0.3) is 0 Å². The molecule has 15 heavy (non-hydrogen) atoms. The van der Waals surface area contributed by atoms with Gasteiger partial charge in [0.1, 0.15) is 11.0 Å². The second kappa shape index (κ2) is 3.74. The van der Waals surface area contributed by atoms with E-state index in [1.807, 2.05) is 0 Å². The maximum atomic E-state index is 10.6. The predicted molar refractivity (Wildman–Crippen MR) is 56.7 cm³/mol. The van der Waals surface area contributed by atoms with Crippen LogP contribution in [0, 0.1) is 0 Å². The summed E-state index contributed by atoms with van der Waals surface area (Å²) in [7, 11) is 0. The van der Waals surface area contributed by atoms with Crippen molar-refractivity contribution in [3.8, 4) is 0 Å². The Labute approximate surface area is 90.8 Å². The molecule has 1 aromatic rings. The standard InChI is InChI=1S/C9H7N3O2S/c13-9(14)6-3-1-5(2-4-6)7-8(15)11-12-10-7/h1-4,7H,(H,13,14)(H,10,11,15). The van der Waals surface area contributed by atoms with Crippen molar-refractivity contribution in [2.24, 2.45) is 10.3 Å². The molecular weight excluding hydrogens is 214 g/mol. The average molecular weight is 221 g/mol. The fourth-order valence-electron chi connectivity index (χ4n) is 1.28. The third kappa shape index (κ3) is 1.84. The van der Waals surface area contributed by atoms with Crippen LogP contribution in [-0.2, 0) is 0 Å². The van der Waals surface area contributed by atoms with Crippen LogP contribution in [0.1, 0.15) is 22.0 Å². The molecule has 1 heterocycles. The van der Waals surface area contributed by atoms with Crippen LogP contribution in [0.2, 0.25) is 0 Å². The number of hydrogen-bond acceptors (Lipinski definition) is 4. The first-order valence-corrected chi connectivity index (χ1v) is 4.62. The fraction of sp³-hybridized carbons (Fsp3) is 0.111. The molecule has 5 nitrogen and oxygen atoms in total. The Morgan fingerprint density at radius 3 is 2.53 bits per heavy atom. The van der Waals surface area contributed by atoms with Gasteiger partial charge in [0.15, 0.2) is 0 Å². The molecule has 0 spiro atoms. The highest BCUT2D eigenvalue weighted by atomic mass is 32.1. The summed E-state index contributed by atoms with van der Waals surface area (Å²) < 4.78 is 0.